The van der Waals surface area contributed by atoms with Gasteiger partial charge in [-0.25, -0.2) is 0 Å². The Balaban J connectivity index is 1.10. The maximum atomic E-state index is 13.2. The minimum Gasteiger partial charge on any atom is -0.497 e. The molecule has 1 amide bonds. The number of carbonyl (C=O) groups excluding carboxylic acids is 1. The summed E-state index contributed by atoms with van der Waals surface area (Å²) >= 11 is 1.57. The molecular formula is C27H31N5O2S. The molecule has 2 saturated heterocycles. The summed E-state index contributed by atoms with van der Waals surface area (Å²) in [4.78, 5) is 20.9. The van der Waals surface area contributed by atoms with Gasteiger partial charge in [0.25, 0.3) is 0 Å². The Morgan fingerprint density at radius 2 is 1.63 bits per heavy atom. The Morgan fingerprint density at radius 1 is 0.857 bits per heavy atom. The molecule has 0 radical (unpaired) electrons. The Kier molecular flexibility index (Phi) is 7.37. The van der Waals surface area contributed by atoms with Crippen LogP contribution < -0.4 is 14.5 Å². The number of carbonyl (C=O) groups is 1. The fourth-order valence-corrected chi connectivity index (χ4v) is 5.54. The van der Waals surface area contributed by atoms with Gasteiger partial charge in [0.05, 0.1) is 7.11 Å². The summed E-state index contributed by atoms with van der Waals surface area (Å²) in [6, 6.07) is 22.4. The number of aromatic nitrogens is 2. The van der Waals surface area contributed by atoms with Gasteiger partial charge in [-0.15, -0.1) is 10.2 Å². The van der Waals surface area contributed by atoms with E-state index in [-0.39, 0.29) is 5.92 Å². The van der Waals surface area contributed by atoms with E-state index >= 15 is 0 Å². The van der Waals surface area contributed by atoms with Crippen LogP contribution >= 0.6 is 11.8 Å². The van der Waals surface area contributed by atoms with Crippen molar-refractivity contribution in [1.82, 2.24) is 15.1 Å². The lowest BCUT2D eigenvalue weighted by Gasteiger charge is -2.39. The molecule has 35 heavy (non-hydrogen) atoms. The molecule has 0 N–H and O–H groups in total. The van der Waals surface area contributed by atoms with Crippen LogP contribution in [0.5, 0.6) is 5.75 Å². The summed E-state index contributed by atoms with van der Waals surface area (Å²) in [6.45, 7) is 5.04. The minimum absolute atomic E-state index is 0.102. The van der Waals surface area contributed by atoms with Crippen molar-refractivity contribution in [2.45, 2.75) is 22.8 Å². The Labute approximate surface area is 211 Å². The number of hydrogen-bond donors (Lipinski definition) is 0. The molecule has 2 fully saturated rings. The fourth-order valence-electron chi connectivity index (χ4n) is 4.76. The molecule has 0 aliphatic carbocycles. The number of ether oxygens (including phenoxy) is 1. The number of piperidine rings is 1. The number of amides is 1. The zero-order valence-corrected chi connectivity index (χ0v) is 20.9. The Morgan fingerprint density at radius 3 is 2.31 bits per heavy atom. The zero-order valence-electron chi connectivity index (χ0n) is 20.0. The van der Waals surface area contributed by atoms with Crippen molar-refractivity contribution in [2.24, 2.45) is 5.92 Å². The molecule has 7 nitrogen and oxygen atoms in total. The molecule has 2 aliphatic rings. The molecule has 0 atom stereocenters. The van der Waals surface area contributed by atoms with E-state index in [0.29, 0.717) is 5.91 Å². The fraction of sp³-hybridized carbons (Fsp3) is 0.370. The van der Waals surface area contributed by atoms with Crippen LogP contribution in [-0.4, -0.2) is 67.4 Å². The maximum absolute atomic E-state index is 13.2. The van der Waals surface area contributed by atoms with Gasteiger partial charge in [-0.05, 0) is 55.3 Å². The second-order valence-electron chi connectivity index (χ2n) is 8.92. The van der Waals surface area contributed by atoms with Crippen LogP contribution in [-0.2, 0) is 4.79 Å². The van der Waals surface area contributed by atoms with Crippen LogP contribution in [0.4, 0.5) is 11.5 Å². The number of hydrogen-bond acceptors (Lipinski definition) is 7. The quantitative estimate of drug-likeness (QED) is 0.514. The van der Waals surface area contributed by atoms with Gasteiger partial charge >= 0.3 is 0 Å². The average Bonchev–Trinajstić information content (AvgIpc) is 2.94. The third kappa shape index (κ3) is 5.70. The van der Waals surface area contributed by atoms with Gasteiger partial charge in [-0.3, -0.25) is 4.79 Å². The van der Waals surface area contributed by atoms with Gasteiger partial charge in [0.2, 0.25) is 5.91 Å². The normalized spacial score (nSPS) is 16.9. The standard InChI is InChI=1S/C27H31N5O2S/c1-34-23-8-5-9-24(20-23)35-26-11-10-25(28-29-26)31-14-12-21(13-15-31)27(33)32-18-16-30(17-19-32)22-6-3-2-4-7-22/h2-11,20-21H,12-19H2,1H3. The third-order valence-electron chi connectivity index (χ3n) is 6.77. The highest BCUT2D eigenvalue weighted by Gasteiger charge is 2.31. The second kappa shape index (κ2) is 11.0. The average molecular weight is 490 g/mol. The molecule has 0 saturated carbocycles. The molecule has 5 rings (SSSR count). The zero-order chi connectivity index (χ0) is 24.0. The number of methoxy groups -OCH3 is 1. The van der Waals surface area contributed by atoms with E-state index in [1.807, 2.05) is 42.5 Å². The number of nitrogens with zero attached hydrogens (tertiary/aromatic N) is 5. The van der Waals surface area contributed by atoms with Crippen molar-refractivity contribution < 1.29 is 9.53 Å². The van der Waals surface area contributed by atoms with Crippen molar-refractivity contribution in [2.75, 3.05) is 56.2 Å². The lowest BCUT2D eigenvalue weighted by molar-refractivity contribution is -0.136. The molecule has 0 bridgehead atoms. The number of anilines is 2. The van der Waals surface area contributed by atoms with Crippen molar-refractivity contribution in [3.8, 4) is 5.75 Å². The highest BCUT2D eigenvalue weighted by molar-refractivity contribution is 7.99. The molecule has 3 heterocycles. The van der Waals surface area contributed by atoms with Crippen molar-refractivity contribution in [3.63, 3.8) is 0 Å². The van der Waals surface area contributed by atoms with Gasteiger partial charge in [-0.2, -0.15) is 0 Å². The lowest BCUT2D eigenvalue weighted by atomic mass is 9.95. The molecule has 3 aromatic rings. The molecular weight excluding hydrogens is 458 g/mol. The van der Waals surface area contributed by atoms with Gasteiger partial charge in [0.15, 0.2) is 5.82 Å². The van der Waals surface area contributed by atoms with Crippen LogP contribution in [0, 0.1) is 5.92 Å². The van der Waals surface area contributed by atoms with Crippen molar-refractivity contribution >= 4 is 29.2 Å². The number of rotatable bonds is 6. The Hall–Kier alpha value is -3.26. The molecule has 2 aliphatic heterocycles. The highest BCUT2D eigenvalue weighted by Crippen LogP contribution is 2.30. The van der Waals surface area contributed by atoms with E-state index in [0.717, 1.165) is 73.6 Å². The van der Waals surface area contributed by atoms with Crippen LogP contribution in [0.2, 0.25) is 0 Å². The summed E-state index contributed by atoms with van der Waals surface area (Å²) in [5.41, 5.74) is 1.24. The van der Waals surface area contributed by atoms with Crippen LogP contribution in [0.1, 0.15) is 12.8 Å². The van der Waals surface area contributed by atoms with Crippen LogP contribution in [0.3, 0.4) is 0 Å². The van der Waals surface area contributed by atoms with E-state index in [1.165, 1.54) is 5.69 Å². The predicted molar refractivity (Wildman–Crippen MR) is 139 cm³/mol. The second-order valence-corrected chi connectivity index (χ2v) is 10.0. The monoisotopic (exact) mass is 489 g/mol. The van der Waals surface area contributed by atoms with Crippen molar-refractivity contribution in [3.05, 3.63) is 66.7 Å². The first-order chi connectivity index (χ1) is 17.2. The predicted octanol–water partition coefficient (Wildman–Crippen LogP) is 4.20. The van der Waals surface area contributed by atoms with Crippen LogP contribution in [0.25, 0.3) is 0 Å². The topological polar surface area (TPSA) is 61.8 Å². The lowest BCUT2D eigenvalue weighted by Crippen LogP contribution is -2.51. The molecule has 0 unspecified atom stereocenters. The summed E-state index contributed by atoms with van der Waals surface area (Å²) in [6.07, 6.45) is 1.72. The molecule has 8 heteroatoms. The minimum atomic E-state index is 0.102. The molecule has 0 spiro atoms. The highest BCUT2D eigenvalue weighted by atomic mass is 32.2. The Bertz CT molecular complexity index is 1110. The molecule has 2 aromatic carbocycles. The van der Waals surface area contributed by atoms with Gasteiger partial charge in [0.1, 0.15) is 10.8 Å². The van der Waals surface area contributed by atoms with E-state index in [4.69, 9.17) is 4.74 Å². The number of benzene rings is 2. The maximum Gasteiger partial charge on any atom is 0.225 e. The summed E-state index contributed by atoms with van der Waals surface area (Å²) in [5, 5.41) is 9.72. The smallest absolute Gasteiger partial charge is 0.225 e. The molecule has 182 valence electrons. The number of para-hydroxylation sites is 1. The SMILES string of the molecule is COc1cccc(Sc2ccc(N3CCC(C(=O)N4CCN(c5ccccc5)CC4)CC3)nn2)c1. The third-order valence-corrected chi connectivity index (χ3v) is 7.69. The first-order valence-corrected chi connectivity index (χ1v) is 13.0. The van der Waals surface area contributed by atoms with Gasteiger partial charge in [0, 0.05) is 55.8 Å². The van der Waals surface area contributed by atoms with E-state index in [1.54, 1.807) is 18.9 Å². The van der Waals surface area contributed by atoms with E-state index in [9.17, 15) is 4.79 Å². The first-order valence-electron chi connectivity index (χ1n) is 12.2. The van der Waals surface area contributed by atoms with Gasteiger partial charge < -0.3 is 19.4 Å². The van der Waals surface area contributed by atoms with Crippen molar-refractivity contribution in [1.29, 1.82) is 0 Å². The van der Waals surface area contributed by atoms with Crippen LogP contribution in [0.15, 0.2) is 76.7 Å². The molecule has 1 aromatic heterocycles. The summed E-state index contributed by atoms with van der Waals surface area (Å²) < 4.78 is 5.29. The summed E-state index contributed by atoms with van der Waals surface area (Å²) in [5.74, 6) is 2.12. The van der Waals surface area contributed by atoms with Gasteiger partial charge in [-0.1, -0.05) is 36.0 Å². The first kappa shape index (κ1) is 23.5. The summed E-state index contributed by atoms with van der Waals surface area (Å²) in [7, 11) is 1.67. The van der Waals surface area contributed by atoms with E-state index < -0.39 is 0 Å². The van der Waals surface area contributed by atoms with E-state index in [2.05, 4.69) is 49.2 Å². The largest absolute Gasteiger partial charge is 0.497 e. The number of piperazine rings is 1.